The summed E-state index contributed by atoms with van der Waals surface area (Å²) >= 11 is -1.83. The van der Waals surface area contributed by atoms with Crippen LogP contribution in [0, 0.1) is 11.8 Å². The van der Waals surface area contributed by atoms with Gasteiger partial charge in [0, 0.05) is 0 Å². The van der Waals surface area contributed by atoms with Crippen LogP contribution in [0.2, 0.25) is 0 Å². The third-order valence-corrected chi connectivity index (χ3v) is 9.49. The molecule has 0 saturated carbocycles. The Kier molecular flexibility index (Phi) is 7.05. The zero-order valence-electron chi connectivity index (χ0n) is 21.2. The summed E-state index contributed by atoms with van der Waals surface area (Å²) in [5.41, 5.74) is 0.858. The van der Waals surface area contributed by atoms with E-state index in [9.17, 15) is 18.0 Å². The Morgan fingerprint density at radius 1 is 1.21 bits per heavy atom. The number of piperidine rings is 1. The van der Waals surface area contributed by atoms with E-state index in [1.807, 2.05) is 6.07 Å². The van der Waals surface area contributed by atoms with Crippen molar-refractivity contribution in [2.24, 2.45) is 0 Å². The number of aromatic nitrogens is 4. The summed E-state index contributed by atoms with van der Waals surface area (Å²) in [5, 5.41) is 10.6. The molecule has 0 aromatic carbocycles. The summed E-state index contributed by atoms with van der Waals surface area (Å²) < 4.78 is 49.2. The number of rotatable bonds is 6. The molecule has 206 valence electrons. The van der Waals surface area contributed by atoms with Gasteiger partial charge in [-0.2, -0.15) is 0 Å². The molecule has 3 fully saturated rings. The van der Waals surface area contributed by atoms with Gasteiger partial charge in [0.05, 0.1) is 0 Å². The first-order valence-electron chi connectivity index (χ1n) is 12.9. The van der Waals surface area contributed by atoms with Crippen LogP contribution in [0.4, 0.5) is 19.0 Å². The van der Waals surface area contributed by atoms with Crippen LogP contribution in [0.1, 0.15) is 47.8 Å². The van der Waals surface area contributed by atoms with Crippen LogP contribution >= 0.6 is 0 Å². The number of ether oxygens (including phenoxy) is 1. The SMILES string of the molecule is CN1[C@H]2CC[C@@H]1[C@H](Nc1cccc3c([Se]C(F)(F)F)c(C#CCNC(=O)c4cnn(C5COC5)c4)nn13)CC2. The molecule has 0 radical (unpaired) electrons. The molecular weight excluding hydrogens is 578 g/mol. The first-order chi connectivity index (χ1) is 18.8. The third kappa shape index (κ3) is 5.39. The molecule has 3 saturated heterocycles. The summed E-state index contributed by atoms with van der Waals surface area (Å²) in [4.78, 5) is 14.9. The number of alkyl halides is 3. The van der Waals surface area contributed by atoms with E-state index in [0.29, 0.717) is 42.2 Å². The van der Waals surface area contributed by atoms with E-state index in [4.69, 9.17) is 4.74 Å². The minimum atomic E-state index is -4.36. The van der Waals surface area contributed by atoms with E-state index >= 15 is 0 Å². The monoisotopic (exact) mass is 607 g/mol. The minimum absolute atomic E-state index is 0.0365. The molecule has 1 amide bonds. The van der Waals surface area contributed by atoms with Gasteiger partial charge in [-0.3, -0.25) is 0 Å². The summed E-state index contributed by atoms with van der Waals surface area (Å²) in [7, 11) is 2.15. The molecule has 3 aliphatic rings. The van der Waals surface area contributed by atoms with Crippen molar-refractivity contribution in [3.05, 3.63) is 41.9 Å². The van der Waals surface area contributed by atoms with Crippen molar-refractivity contribution in [3.63, 3.8) is 0 Å². The maximum atomic E-state index is 13.6. The molecule has 3 aromatic heterocycles. The fraction of sp³-hybridized carbons (Fsp3) is 0.500. The molecule has 3 aromatic rings. The standard InChI is InChI=1S/C26H28F3N7O2Se/c1-34-17-7-9-19(21(34)10-8-17)32-23-6-2-5-22-24(39-26(27,28)29)20(33-36(22)23)4-3-11-30-25(37)16-12-31-35(13-16)18-14-38-15-18/h2,5-6,12-13,17-19,21,32H,7-11,14-15H2,1H3,(H,30,37)/t17-,19-,21-/m1/s1. The number of nitrogens with one attached hydrogen (secondary N) is 2. The molecule has 0 aliphatic carbocycles. The third-order valence-electron chi connectivity index (χ3n) is 7.74. The molecule has 3 atom stereocenters. The number of amides is 1. The number of anilines is 1. The zero-order valence-corrected chi connectivity index (χ0v) is 23.0. The second-order valence-corrected chi connectivity index (χ2v) is 12.4. The average Bonchev–Trinajstić information content (AvgIpc) is 3.52. The van der Waals surface area contributed by atoms with E-state index < -0.39 is 20.0 Å². The normalized spacial score (nSPS) is 23.3. The van der Waals surface area contributed by atoms with Gasteiger partial charge in [0.25, 0.3) is 0 Å². The summed E-state index contributed by atoms with van der Waals surface area (Å²) in [6.45, 7) is 1.08. The fourth-order valence-corrected chi connectivity index (χ4v) is 7.06. The van der Waals surface area contributed by atoms with Crippen LogP contribution in [0.5, 0.6) is 0 Å². The van der Waals surface area contributed by atoms with Gasteiger partial charge in [-0.05, 0) is 0 Å². The van der Waals surface area contributed by atoms with Crippen molar-refractivity contribution < 1.29 is 22.7 Å². The van der Waals surface area contributed by atoms with Gasteiger partial charge in [-0.1, -0.05) is 0 Å². The Bertz CT molecular complexity index is 1440. The summed E-state index contributed by atoms with van der Waals surface area (Å²) in [5.74, 6) is 5.86. The van der Waals surface area contributed by atoms with E-state index in [-0.39, 0.29) is 34.7 Å². The Morgan fingerprint density at radius 3 is 2.79 bits per heavy atom. The molecule has 13 heteroatoms. The number of carbonyl (C=O) groups is 1. The van der Waals surface area contributed by atoms with Crippen LogP contribution < -0.4 is 15.1 Å². The molecular formula is C26H28F3N7O2Se. The first-order valence-corrected chi connectivity index (χ1v) is 14.6. The quantitative estimate of drug-likeness (QED) is 0.329. The van der Waals surface area contributed by atoms with Gasteiger partial charge >= 0.3 is 225 Å². The molecule has 0 unspecified atom stereocenters. The Hall–Kier alpha value is -3.04. The van der Waals surface area contributed by atoms with Crippen molar-refractivity contribution in [3.8, 4) is 11.8 Å². The first kappa shape index (κ1) is 26.2. The van der Waals surface area contributed by atoms with Gasteiger partial charge in [0.1, 0.15) is 0 Å². The summed E-state index contributed by atoms with van der Waals surface area (Å²) in [6, 6.07) is 6.59. The maximum absolute atomic E-state index is 13.6. The molecule has 6 heterocycles. The molecule has 2 bridgehead atoms. The summed E-state index contributed by atoms with van der Waals surface area (Å²) in [6.07, 6.45) is 7.51. The van der Waals surface area contributed by atoms with Crippen LogP contribution in [-0.4, -0.2) is 95.2 Å². The van der Waals surface area contributed by atoms with Crippen molar-refractivity contribution in [1.82, 2.24) is 29.6 Å². The van der Waals surface area contributed by atoms with Crippen LogP contribution in [0.25, 0.3) is 5.52 Å². The van der Waals surface area contributed by atoms with Crippen molar-refractivity contribution in [2.75, 3.05) is 32.1 Å². The number of pyridine rings is 1. The Morgan fingerprint density at radius 2 is 2.03 bits per heavy atom. The van der Waals surface area contributed by atoms with Crippen molar-refractivity contribution in [1.29, 1.82) is 0 Å². The van der Waals surface area contributed by atoms with Gasteiger partial charge in [0.15, 0.2) is 0 Å². The van der Waals surface area contributed by atoms with E-state index in [1.54, 1.807) is 27.5 Å². The number of likely N-dealkylation sites (N-methyl/N-ethyl adjacent to an activating group) is 1. The fourth-order valence-electron chi connectivity index (χ4n) is 5.64. The predicted octanol–water partition coefficient (Wildman–Crippen LogP) is 1.77. The van der Waals surface area contributed by atoms with Gasteiger partial charge in [-0.25, -0.2) is 0 Å². The number of halogens is 3. The molecule has 0 spiro atoms. The molecule has 2 N–H and O–H groups in total. The number of nitrogens with zero attached hydrogens (tertiary/aromatic N) is 5. The second-order valence-electron chi connectivity index (χ2n) is 10.1. The average molecular weight is 607 g/mol. The van der Waals surface area contributed by atoms with Gasteiger partial charge < -0.3 is 4.74 Å². The van der Waals surface area contributed by atoms with E-state index in [0.717, 1.165) is 19.3 Å². The number of hydrogen-bond acceptors (Lipinski definition) is 6. The molecule has 3 aliphatic heterocycles. The Balaban J connectivity index is 1.21. The predicted molar refractivity (Wildman–Crippen MR) is 139 cm³/mol. The Labute approximate surface area is 229 Å². The molecule has 39 heavy (non-hydrogen) atoms. The molecule has 9 nitrogen and oxygen atoms in total. The van der Waals surface area contributed by atoms with Gasteiger partial charge in [-0.15, -0.1) is 0 Å². The van der Waals surface area contributed by atoms with Gasteiger partial charge in [0.2, 0.25) is 0 Å². The van der Waals surface area contributed by atoms with E-state index in [2.05, 4.69) is 44.6 Å². The van der Waals surface area contributed by atoms with E-state index in [1.165, 1.54) is 12.6 Å². The van der Waals surface area contributed by atoms with Crippen LogP contribution in [-0.2, 0) is 4.74 Å². The number of hydrogen-bond donors (Lipinski definition) is 2. The second kappa shape index (κ2) is 10.5. The number of carbonyl (C=O) groups excluding carboxylic acids is 1. The van der Waals surface area contributed by atoms with Crippen LogP contribution in [0.3, 0.4) is 0 Å². The van der Waals surface area contributed by atoms with Crippen molar-refractivity contribution >= 4 is 36.7 Å². The molecule has 6 rings (SSSR count). The van der Waals surface area contributed by atoms with Crippen molar-refractivity contribution in [2.45, 2.75) is 54.9 Å². The topological polar surface area (TPSA) is 88.7 Å². The number of fused-ring (bicyclic) bond motifs is 3. The zero-order chi connectivity index (χ0) is 27.1. The van der Waals surface area contributed by atoms with Crippen LogP contribution in [0.15, 0.2) is 30.6 Å².